The molecule has 0 saturated carbocycles. The Labute approximate surface area is 102 Å². The molecule has 1 amide bonds. The van der Waals surface area contributed by atoms with Gasteiger partial charge in [-0.1, -0.05) is 17.7 Å². The highest BCUT2D eigenvalue weighted by Crippen LogP contribution is 2.30. The van der Waals surface area contributed by atoms with E-state index in [0.29, 0.717) is 10.7 Å². The maximum atomic E-state index is 11.2. The standard InChI is InChI=1S/C11H8Cl2N2O/c12-5-10(16)15-9-2-1-7-6-14-4-3-8(7)11(9)13/h1-4,6H,5H2,(H,15,16). The molecule has 2 rings (SSSR count). The normalized spacial score (nSPS) is 10.4. The minimum atomic E-state index is -0.281. The summed E-state index contributed by atoms with van der Waals surface area (Å²) in [6.45, 7) is 0. The Hall–Kier alpha value is -1.32. The third-order valence-electron chi connectivity index (χ3n) is 2.15. The van der Waals surface area contributed by atoms with Gasteiger partial charge in [0.2, 0.25) is 5.91 Å². The van der Waals surface area contributed by atoms with E-state index in [1.807, 2.05) is 6.07 Å². The summed E-state index contributed by atoms with van der Waals surface area (Å²) in [7, 11) is 0. The summed E-state index contributed by atoms with van der Waals surface area (Å²) in [5.41, 5.74) is 0.561. The van der Waals surface area contributed by atoms with Crippen LogP contribution in [0.5, 0.6) is 0 Å². The van der Waals surface area contributed by atoms with Crippen molar-refractivity contribution < 1.29 is 4.79 Å². The predicted molar refractivity (Wildman–Crippen MR) is 66.1 cm³/mol. The number of alkyl halides is 1. The van der Waals surface area contributed by atoms with Crippen molar-refractivity contribution in [2.75, 3.05) is 11.2 Å². The molecule has 0 aliphatic rings. The molecule has 0 spiro atoms. The summed E-state index contributed by atoms with van der Waals surface area (Å²) in [6.07, 6.45) is 3.37. The van der Waals surface area contributed by atoms with E-state index in [0.717, 1.165) is 10.8 Å². The van der Waals surface area contributed by atoms with Gasteiger partial charge < -0.3 is 5.32 Å². The lowest BCUT2D eigenvalue weighted by Crippen LogP contribution is -2.12. The highest BCUT2D eigenvalue weighted by atomic mass is 35.5. The van der Waals surface area contributed by atoms with Crippen LogP contribution in [0.1, 0.15) is 0 Å². The predicted octanol–water partition coefficient (Wildman–Crippen LogP) is 3.07. The summed E-state index contributed by atoms with van der Waals surface area (Å²) in [4.78, 5) is 15.1. The van der Waals surface area contributed by atoms with E-state index in [2.05, 4.69) is 10.3 Å². The number of benzene rings is 1. The van der Waals surface area contributed by atoms with Gasteiger partial charge in [0.1, 0.15) is 5.88 Å². The van der Waals surface area contributed by atoms with E-state index in [-0.39, 0.29) is 11.8 Å². The first-order valence-electron chi connectivity index (χ1n) is 4.60. The minimum absolute atomic E-state index is 0.0925. The summed E-state index contributed by atoms with van der Waals surface area (Å²) in [5.74, 6) is -0.373. The third-order valence-corrected chi connectivity index (χ3v) is 2.80. The summed E-state index contributed by atoms with van der Waals surface area (Å²) in [6, 6.07) is 5.38. The number of pyridine rings is 1. The quantitative estimate of drug-likeness (QED) is 0.838. The van der Waals surface area contributed by atoms with Crippen molar-refractivity contribution in [1.29, 1.82) is 0 Å². The van der Waals surface area contributed by atoms with Crippen LogP contribution in [0.4, 0.5) is 5.69 Å². The third kappa shape index (κ3) is 2.10. The highest BCUT2D eigenvalue weighted by Gasteiger charge is 2.07. The van der Waals surface area contributed by atoms with Gasteiger partial charge in [-0.3, -0.25) is 9.78 Å². The second kappa shape index (κ2) is 4.68. The largest absolute Gasteiger partial charge is 0.324 e. The molecule has 1 aromatic carbocycles. The van der Waals surface area contributed by atoms with Crippen molar-refractivity contribution in [3.63, 3.8) is 0 Å². The summed E-state index contributed by atoms with van der Waals surface area (Å²) >= 11 is 11.6. The number of fused-ring (bicyclic) bond motifs is 1. The van der Waals surface area contributed by atoms with Gasteiger partial charge in [0.15, 0.2) is 0 Å². The number of aromatic nitrogens is 1. The first-order chi connectivity index (χ1) is 7.72. The molecule has 0 bridgehead atoms. The molecule has 0 fully saturated rings. The lowest BCUT2D eigenvalue weighted by atomic mass is 10.1. The maximum Gasteiger partial charge on any atom is 0.239 e. The topological polar surface area (TPSA) is 42.0 Å². The second-order valence-electron chi connectivity index (χ2n) is 3.21. The van der Waals surface area contributed by atoms with Crippen molar-refractivity contribution in [2.24, 2.45) is 0 Å². The fourth-order valence-corrected chi connectivity index (χ4v) is 1.76. The average molecular weight is 255 g/mol. The zero-order chi connectivity index (χ0) is 11.5. The SMILES string of the molecule is O=C(CCl)Nc1ccc2cnccc2c1Cl. The Morgan fingerprint density at radius 1 is 1.38 bits per heavy atom. The van der Waals surface area contributed by atoms with E-state index >= 15 is 0 Å². The lowest BCUT2D eigenvalue weighted by Gasteiger charge is -2.07. The molecule has 0 atom stereocenters. The molecule has 16 heavy (non-hydrogen) atoms. The first-order valence-corrected chi connectivity index (χ1v) is 5.51. The van der Waals surface area contributed by atoms with Crippen LogP contribution in [-0.2, 0) is 4.79 Å². The van der Waals surface area contributed by atoms with E-state index in [9.17, 15) is 4.79 Å². The van der Waals surface area contributed by atoms with Crippen LogP contribution < -0.4 is 5.32 Å². The van der Waals surface area contributed by atoms with Crippen molar-refractivity contribution in [3.8, 4) is 0 Å². The van der Waals surface area contributed by atoms with Gasteiger partial charge in [-0.05, 0) is 12.1 Å². The fraction of sp³-hybridized carbons (Fsp3) is 0.0909. The summed E-state index contributed by atoms with van der Waals surface area (Å²) < 4.78 is 0. The molecule has 82 valence electrons. The van der Waals surface area contributed by atoms with Gasteiger partial charge in [-0.25, -0.2) is 0 Å². The molecule has 3 nitrogen and oxygen atoms in total. The van der Waals surface area contributed by atoms with Crippen LogP contribution >= 0.6 is 23.2 Å². The molecular formula is C11H8Cl2N2O. The zero-order valence-corrected chi connectivity index (χ0v) is 9.72. The van der Waals surface area contributed by atoms with Crippen LogP contribution in [0, 0.1) is 0 Å². The van der Waals surface area contributed by atoms with Gasteiger partial charge in [0.25, 0.3) is 0 Å². The monoisotopic (exact) mass is 254 g/mol. The van der Waals surface area contributed by atoms with E-state index in [4.69, 9.17) is 23.2 Å². The number of anilines is 1. The molecule has 0 saturated heterocycles. The molecule has 0 aliphatic heterocycles. The number of hydrogen-bond donors (Lipinski definition) is 1. The number of nitrogens with one attached hydrogen (secondary N) is 1. The van der Waals surface area contributed by atoms with Crippen LogP contribution in [0.2, 0.25) is 5.02 Å². The van der Waals surface area contributed by atoms with Crippen LogP contribution in [0.3, 0.4) is 0 Å². The highest BCUT2D eigenvalue weighted by molar-refractivity contribution is 6.39. The molecular weight excluding hydrogens is 247 g/mol. The maximum absolute atomic E-state index is 11.2. The Morgan fingerprint density at radius 2 is 2.19 bits per heavy atom. The Kier molecular flexibility index (Phi) is 3.27. The average Bonchev–Trinajstić information content (AvgIpc) is 2.33. The number of carbonyl (C=O) groups excluding carboxylic acids is 1. The zero-order valence-electron chi connectivity index (χ0n) is 8.21. The first kappa shape index (κ1) is 11.2. The second-order valence-corrected chi connectivity index (χ2v) is 3.85. The van der Waals surface area contributed by atoms with Gasteiger partial charge in [0, 0.05) is 23.2 Å². The minimum Gasteiger partial charge on any atom is -0.324 e. The Bertz CT molecular complexity index is 542. The van der Waals surface area contributed by atoms with E-state index < -0.39 is 0 Å². The van der Waals surface area contributed by atoms with Crippen molar-refractivity contribution >= 4 is 45.6 Å². The molecule has 1 aromatic heterocycles. The number of hydrogen-bond acceptors (Lipinski definition) is 2. The summed E-state index contributed by atoms with van der Waals surface area (Å²) in [5, 5.41) is 4.91. The van der Waals surface area contributed by atoms with Gasteiger partial charge in [-0.15, -0.1) is 11.6 Å². The number of amides is 1. The van der Waals surface area contributed by atoms with Crippen LogP contribution in [0.25, 0.3) is 10.8 Å². The molecule has 1 heterocycles. The lowest BCUT2D eigenvalue weighted by molar-refractivity contribution is -0.113. The number of nitrogens with zero attached hydrogens (tertiary/aromatic N) is 1. The molecule has 0 unspecified atom stereocenters. The fourth-order valence-electron chi connectivity index (χ4n) is 1.41. The van der Waals surface area contributed by atoms with Crippen LogP contribution in [-0.4, -0.2) is 16.8 Å². The molecule has 1 N–H and O–H groups in total. The smallest absolute Gasteiger partial charge is 0.239 e. The van der Waals surface area contributed by atoms with Crippen molar-refractivity contribution in [2.45, 2.75) is 0 Å². The number of halogens is 2. The molecule has 0 radical (unpaired) electrons. The number of carbonyl (C=O) groups is 1. The molecule has 5 heteroatoms. The number of rotatable bonds is 2. The van der Waals surface area contributed by atoms with Crippen LogP contribution in [0.15, 0.2) is 30.6 Å². The van der Waals surface area contributed by atoms with Crippen molar-refractivity contribution in [1.82, 2.24) is 4.98 Å². The Morgan fingerprint density at radius 3 is 2.94 bits per heavy atom. The molecule has 0 aliphatic carbocycles. The van der Waals surface area contributed by atoms with Crippen molar-refractivity contribution in [3.05, 3.63) is 35.6 Å². The van der Waals surface area contributed by atoms with Gasteiger partial charge in [0.05, 0.1) is 10.7 Å². The Balaban J connectivity index is 2.48. The molecule has 2 aromatic rings. The van der Waals surface area contributed by atoms with Gasteiger partial charge >= 0.3 is 0 Å². The van der Waals surface area contributed by atoms with Gasteiger partial charge in [-0.2, -0.15) is 0 Å². The van der Waals surface area contributed by atoms with E-state index in [1.165, 1.54) is 0 Å². The van der Waals surface area contributed by atoms with E-state index in [1.54, 1.807) is 24.5 Å².